The minimum atomic E-state index is 0.0149. The first-order chi connectivity index (χ1) is 10.9. The predicted molar refractivity (Wildman–Crippen MR) is 121 cm³/mol. The van der Waals surface area contributed by atoms with Gasteiger partial charge in [0, 0.05) is 14.3 Å². The van der Waals surface area contributed by atoms with Gasteiger partial charge in [-0.1, -0.05) is 90.6 Å². The molecule has 0 spiro atoms. The second-order valence-electron chi connectivity index (χ2n) is 10.3. The molecule has 0 nitrogen and oxygen atoms in total. The molecule has 3 atom stereocenters. The number of hydrogen-bond donors (Lipinski definition) is 0. The minimum absolute atomic E-state index is 0.0149. The molecule has 0 aromatic rings. The van der Waals surface area contributed by atoms with Crippen molar-refractivity contribution in [2.75, 3.05) is 0 Å². The standard InChI is InChI=1S/C24H39I/c1-14-16(3)22(11)17(4)15(2)21(9,10)24(13,20(14,7)8)23(12,25)19(6)18(22)5/h1-13H3/b16-14-,17-15+,19-18-. The predicted octanol–water partition coefficient (Wildman–Crippen LogP) is 8.28. The van der Waals surface area contributed by atoms with Gasteiger partial charge in [0.25, 0.3) is 0 Å². The maximum absolute atomic E-state index is 2.79. The summed E-state index contributed by atoms with van der Waals surface area (Å²) in [5, 5.41) is 0. The lowest BCUT2D eigenvalue weighted by Crippen LogP contribution is -2.61. The maximum atomic E-state index is 2.79. The van der Waals surface area contributed by atoms with Crippen molar-refractivity contribution in [2.45, 2.75) is 93.4 Å². The first-order valence-electron chi connectivity index (χ1n) is 9.69. The lowest BCUT2D eigenvalue weighted by atomic mass is 9.40. The van der Waals surface area contributed by atoms with E-state index < -0.39 is 0 Å². The van der Waals surface area contributed by atoms with Crippen molar-refractivity contribution in [1.82, 2.24) is 0 Å². The van der Waals surface area contributed by atoms with Gasteiger partial charge in [-0.05, 0) is 66.2 Å². The fourth-order valence-corrected chi connectivity index (χ4v) is 8.09. The van der Waals surface area contributed by atoms with Crippen LogP contribution in [0.15, 0.2) is 33.4 Å². The van der Waals surface area contributed by atoms with E-state index in [0.717, 1.165) is 0 Å². The Morgan fingerprint density at radius 1 is 0.480 bits per heavy atom. The van der Waals surface area contributed by atoms with Crippen LogP contribution in [0, 0.1) is 21.7 Å². The fraction of sp³-hybridized carbons (Fsp3) is 0.750. The Bertz CT molecular complexity index is 623. The minimum Gasteiger partial charge on any atom is -0.0737 e. The molecule has 25 heavy (non-hydrogen) atoms. The van der Waals surface area contributed by atoms with Crippen LogP contribution in [0.5, 0.6) is 0 Å². The van der Waals surface area contributed by atoms with Crippen LogP contribution < -0.4 is 0 Å². The molecule has 3 aliphatic rings. The third-order valence-electron chi connectivity index (χ3n) is 9.96. The van der Waals surface area contributed by atoms with E-state index in [1.54, 1.807) is 33.4 Å². The van der Waals surface area contributed by atoms with E-state index >= 15 is 0 Å². The average molecular weight is 454 g/mol. The molecule has 0 fully saturated rings. The third-order valence-corrected chi connectivity index (χ3v) is 11.8. The van der Waals surface area contributed by atoms with Crippen LogP contribution >= 0.6 is 22.6 Å². The second kappa shape index (κ2) is 5.49. The molecule has 0 heterocycles. The van der Waals surface area contributed by atoms with E-state index in [9.17, 15) is 0 Å². The molecule has 1 heteroatoms. The van der Waals surface area contributed by atoms with Crippen molar-refractivity contribution in [3.8, 4) is 0 Å². The Morgan fingerprint density at radius 2 is 0.760 bits per heavy atom. The largest absolute Gasteiger partial charge is 0.0737 e. The summed E-state index contributed by atoms with van der Waals surface area (Å²) in [7, 11) is 0. The molecule has 3 rings (SSSR count). The number of hydrogen-bond acceptors (Lipinski definition) is 0. The van der Waals surface area contributed by atoms with Gasteiger partial charge >= 0.3 is 0 Å². The Labute approximate surface area is 170 Å². The highest BCUT2D eigenvalue weighted by molar-refractivity contribution is 14.1. The van der Waals surface area contributed by atoms with Crippen molar-refractivity contribution >= 4 is 22.6 Å². The summed E-state index contributed by atoms with van der Waals surface area (Å²) in [5.74, 6) is 0. The summed E-state index contributed by atoms with van der Waals surface area (Å²) in [5.41, 5.74) is 9.68. The first kappa shape index (κ1) is 21.3. The number of fused-ring (bicyclic) bond motifs is 3. The monoisotopic (exact) mass is 454 g/mol. The number of allylic oxidation sites excluding steroid dienone is 6. The smallest absolute Gasteiger partial charge is 0.0472 e. The van der Waals surface area contributed by atoms with Crippen LogP contribution in [0.2, 0.25) is 0 Å². The van der Waals surface area contributed by atoms with Gasteiger partial charge < -0.3 is 0 Å². The summed E-state index contributed by atoms with van der Waals surface area (Å²) in [6.45, 7) is 31.8. The Morgan fingerprint density at radius 3 is 1.08 bits per heavy atom. The van der Waals surface area contributed by atoms with Crippen molar-refractivity contribution in [1.29, 1.82) is 0 Å². The van der Waals surface area contributed by atoms with Crippen LogP contribution in [0.4, 0.5) is 0 Å². The second-order valence-corrected chi connectivity index (χ2v) is 12.4. The van der Waals surface area contributed by atoms with E-state index in [1.807, 2.05) is 0 Å². The lowest BCUT2D eigenvalue weighted by molar-refractivity contribution is -0.0152. The van der Waals surface area contributed by atoms with Gasteiger partial charge in [-0.25, -0.2) is 0 Å². The van der Waals surface area contributed by atoms with Crippen LogP contribution in [-0.4, -0.2) is 3.42 Å². The Balaban J connectivity index is 3.29. The Kier molecular flexibility index (Phi) is 4.66. The normalized spacial score (nSPS) is 49.7. The molecule has 0 radical (unpaired) electrons. The SMILES string of the molecule is C/C1=C(\C)C(C)(C)C2(C)C(C)(I)/C(C)=C(/C)C1(C)/C(C)=C(\C)C2(C)C. The van der Waals surface area contributed by atoms with Crippen LogP contribution in [0.1, 0.15) is 90.0 Å². The van der Waals surface area contributed by atoms with Crippen LogP contribution in [0.3, 0.4) is 0 Å². The summed E-state index contributed by atoms with van der Waals surface area (Å²) in [6, 6.07) is 0. The van der Waals surface area contributed by atoms with Crippen molar-refractivity contribution in [3.63, 3.8) is 0 Å². The summed E-state index contributed by atoms with van der Waals surface area (Å²) in [4.78, 5) is 0. The molecule has 0 saturated carbocycles. The van der Waals surface area contributed by atoms with Crippen molar-refractivity contribution in [3.05, 3.63) is 33.4 Å². The molecule has 0 N–H and O–H groups in total. The topological polar surface area (TPSA) is 0 Å². The van der Waals surface area contributed by atoms with Gasteiger partial charge in [0.1, 0.15) is 0 Å². The molecule has 0 aliphatic heterocycles. The molecule has 0 aromatic heterocycles. The quantitative estimate of drug-likeness (QED) is 0.196. The molecule has 0 amide bonds. The molecule has 0 aromatic carbocycles. The first-order valence-corrected chi connectivity index (χ1v) is 10.8. The highest BCUT2D eigenvalue weighted by atomic mass is 127. The molecule has 3 aliphatic carbocycles. The summed E-state index contributed by atoms with van der Waals surface area (Å²) < 4.78 is 0.0764. The molecule has 0 saturated heterocycles. The van der Waals surface area contributed by atoms with Crippen LogP contribution in [-0.2, 0) is 0 Å². The average Bonchev–Trinajstić information content (AvgIpc) is 2.53. The fourth-order valence-electron chi connectivity index (χ4n) is 6.34. The van der Waals surface area contributed by atoms with Gasteiger partial charge in [0.15, 0.2) is 0 Å². The zero-order valence-electron chi connectivity index (χ0n) is 18.9. The summed E-state index contributed by atoms with van der Waals surface area (Å²) >= 11 is 2.79. The number of halogens is 1. The van der Waals surface area contributed by atoms with Crippen molar-refractivity contribution < 1.29 is 0 Å². The van der Waals surface area contributed by atoms with Gasteiger partial charge in [0.2, 0.25) is 0 Å². The third kappa shape index (κ3) is 2.05. The van der Waals surface area contributed by atoms with Gasteiger partial charge in [0.05, 0.1) is 0 Å². The van der Waals surface area contributed by atoms with E-state index in [-0.39, 0.29) is 25.1 Å². The zero-order valence-corrected chi connectivity index (χ0v) is 21.0. The highest BCUT2D eigenvalue weighted by Crippen LogP contribution is 2.72. The van der Waals surface area contributed by atoms with Crippen LogP contribution in [0.25, 0.3) is 0 Å². The molecular weight excluding hydrogens is 415 g/mol. The van der Waals surface area contributed by atoms with Crippen molar-refractivity contribution in [2.24, 2.45) is 21.7 Å². The van der Waals surface area contributed by atoms with Gasteiger partial charge in [-0.2, -0.15) is 0 Å². The molecule has 2 bridgehead atoms. The van der Waals surface area contributed by atoms with Gasteiger partial charge in [-0.3, -0.25) is 0 Å². The number of rotatable bonds is 0. The lowest BCUT2D eigenvalue weighted by Gasteiger charge is -2.66. The van der Waals surface area contributed by atoms with Gasteiger partial charge in [-0.15, -0.1) is 0 Å². The van der Waals surface area contributed by atoms with E-state index in [1.165, 1.54) is 0 Å². The molecular formula is C24H39I. The van der Waals surface area contributed by atoms with E-state index in [4.69, 9.17) is 0 Å². The molecule has 142 valence electrons. The summed E-state index contributed by atoms with van der Waals surface area (Å²) in [6.07, 6.45) is 0. The van der Waals surface area contributed by atoms with E-state index in [0.29, 0.717) is 0 Å². The highest BCUT2D eigenvalue weighted by Gasteiger charge is 2.65. The Hall–Kier alpha value is -0.0500. The van der Waals surface area contributed by atoms with E-state index in [2.05, 4.69) is 113 Å². The zero-order chi connectivity index (χ0) is 20.0. The number of alkyl halides is 1. The maximum Gasteiger partial charge on any atom is 0.0472 e. The molecule has 3 unspecified atom stereocenters.